The average molecular weight is 207 g/mol. The molecule has 0 spiro atoms. The lowest BCUT2D eigenvalue weighted by atomic mass is 9.98. The second-order valence-electron chi connectivity index (χ2n) is 3.69. The minimum Gasteiger partial charge on any atom is -0.496 e. The number of hydrogen-bond donors (Lipinski definition) is 1. The summed E-state index contributed by atoms with van der Waals surface area (Å²) in [5.74, 6) is 0.898. The summed E-state index contributed by atoms with van der Waals surface area (Å²) in [4.78, 5) is 0. The minimum atomic E-state index is 0.674. The quantitative estimate of drug-likeness (QED) is 0.470. The van der Waals surface area contributed by atoms with Gasteiger partial charge >= 0.3 is 0 Å². The molecule has 0 radical (unpaired) electrons. The molecule has 82 valence electrons. The fourth-order valence-electron chi connectivity index (χ4n) is 1.58. The normalized spacial score (nSPS) is 11.6. The summed E-state index contributed by atoms with van der Waals surface area (Å²) in [6.45, 7) is 5.89. The van der Waals surface area contributed by atoms with Gasteiger partial charge in [0.2, 0.25) is 0 Å². The molecule has 0 fully saturated rings. The Hall–Kier alpha value is -1.51. The number of nitrogens with zero attached hydrogens (tertiary/aromatic N) is 1. The summed E-state index contributed by atoms with van der Waals surface area (Å²) in [5.41, 5.74) is 4.21. The molecule has 0 amide bonds. The highest BCUT2D eigenvalue weighted by Gasteiger charge is 2.07. The third-order valence-corrected chi connectivity index (χ3v) is 2.69. The lowest BCUT2D eigenvalue weighted by Crippen LogP contribution is -2.02. The van der Waals surface area contributed by atoms with E-state index in [-0.39, 0.29) is 0 Å². The van der Waals surface area contributed by atoms with Crippen LogP contribution in [-0.2, 0) is 6.42 Å². The van der Waals surface area contributed by atoms with Crippen LogP contribution in [0.3, 0.4) is 0 Å². The zero-order chi connectivity index (χ0) is 11.4. The molecule has 1 N–H and O–H groups in total. The van der Waals surface area contributed by atoms with E-state index in [1.165, 1.54) is 11.1 Å². The van der Waals surface area contributed by atoms with Gasteiger partial charge < -0.3 is 9.94 Å². The molecule has 0 bridgehead atoms. The molecule has 1 aromatic rings. The molecular weight excluding hydrogens is 190 g/mol. The average Bonchev–Trinajstić information content (AvgIpc) is 2.25. The summed E-state index contributed by atoms with van der Waals surface area (Å²) in [5, 5.41) is 11.8. The predicted octanol–water partition coefficient (Wildman–Crippen LogP) is 2.70. The number of methoxy groups -OCH3 is 1. The molecule has 3 nitrogen and oxygen atoms in total. The minimum absolute atomic E-state index is 0.674. The van der Waals surface area contributed by atoms with Crippen molar-refractivity contribution >= 4 is 5.71 Å². The Balaban J connectivity index is 3.07. The van der Waals surface area contributed by atoms with Crippen molar-refractivity contribution in [1.82, 2.24) is 0 Å². The fourth-order valence-corrected chi connectivity index (χ4v) is 1.58. The molecule has 1 rings (SSSR count). The molecule has 1 aromatic carbocycles. The summed E-state index contributed by atoms with van der Waals surface area (Å²) < 4.78 is 5.23. The maximum atomic E-state index is 8.62. The Kier molecular flexibility index (Phi) is 3.72. The second kappa shape index (κ2) is 4.82. The number of oxime groups is 1. The topological polar surface area (TPSA) is 41.8 Å². The maximum absolute atomic E-state index is 8.62. The number of hydrogen-bond acceptors (Lipinski definition) is 3. The predicted molar refractivity (Wildman–Crippen MR) is 61.1 cm³/mol. The molecule has 15 heavy (non-hydrogen) atoms. The van der Waals surface area contributed by atoms with Crippen LogP contribution >= 0.6 is 0 Å². The molecule has 0 atom stereocenters. The van der Waals surface area contributed by atoms with Gasteiger partial charge in [-0.2, -0.15) is 0 Å². The van der Waals surface area contributed by atoms with E-state index in [9.17, 15) is 0 Å². The first-order valence-corrected chi connectivity index (χ1v) is 4.90. The van der Waals surface area contributed by atoms with Crippen LogP contribution in [0.1, 0.15) is 23.6 Å². The zero-order valence-electron chi connectivity index (χ0n) is 9.66. The van der Waals surface area contributed by atoms with Crippen LogP contribution in [0.5, 0.6) is 5.75 Å². The van der Waals surface area contributed by atoms with E-state index in [4.69, 9.17) is 9.94 Å². The second-order valence-corrected chi connectivity index (χ2v) is 3.69. The van der Waals surface area contributed by atoms with Crippen molar-refractivity contribution in [2.24, 2.45) is 5.16 Å². The van der Waals surface area contributed by atoms with Gasteiger partial charge in [-0.1, -0.05) is 11.2 Å². The highest BCUT2D eigenvalue weighted by atomic mass is 16.5. The monoisotopic (exact) mass is 207 g/mol. The highest BCUT2D eigenvalue weighted by Crippen LogP contribution is 2.24. The molecule has 0 unspecified atom stereocenters. The van der Waals surface area contributed by atoms with Crippen molar-refractivity contribution in [2.45, 2.75) is 27.2 Å². The Labute approximate surface area is 90.4 Å². The lowest BCUT2D eigenvalue weighted by Gasteiger charge is -2.11. The Bertz CT molecular complexity index is 383. The van der Waals surface area contributed by atoms with Crippen molar-refractivity contribution in [3.63, 3.8) is 0 Å². The van der Waals surface area contributed by atoms with Gasteiger partial charge in [-0.3, -0.25) is 0 Å². The van der Waals surface area contributed by atoms with E-state index in [0.29, 0.717) is 12.1 Å². The zero-order valence-corrected chi connectivity index (χ0v) is 9.66. The number of ether oxygens (including phenoxy) is 1. The highest BCUT2D eigenvalue weighted by molar-refractivity contribution is 5.84. The van der Waals surface area contributed by atoms with Gasteiger partial charge in [0.1, 0.15) is 5.75 Å². The van der Waals surface area contributed by atoms with Crippen LogP contribution in [0, 0.1) is 13.8 Å². The molecular formula is C12H17NO2. The van der Waals surface area contributed by atoms with Gasteiger partial charge in [-0.05, 0) is 43.5 Å². The first-order valence-electron chi connectivity index (χ1n) is 4.90. The molecule has 0 aromatic heterocycles. The van der Waals surface area contributed by atoms with E-state index < -0.39 is 0 Å². The smallest absolute Gasteiger partial charge is 0.122 e. The molecule has 0 saturated carbocycles. The molecule has 0 aliphatic rings. The van der Waals surface area contributed by atoms with Crippen LogP contribution in [0.4, 0.5) is 0 Å². The third-order valence-electron chi connectivity index (χ3n) is 2.69. The summed E-state index contributed by atoms with van der Waals surface area (Å²) >= 11 is 0. The number of rotatable bonds is 3. The van der Waals surface area contributed by atoms with Crippen molar-refractivity contribution in [3.8, 4) is 5.75 Å². The van der Waals surface area contributed by atoms with E-state index in [1.807, 2.05) is 19.1 Å². The summed E-state index contributed by atoms with van der Waals surface area (Å²) in [6, 6.07) is 3.96. The van der Waals surface area contributed by atoms with Gasteiger partial charge in [0.15, 0.2) is 0 Å². The van der Waals surface area contributed by atoms with Crippen molar-refractivity contribution in [3.05, 3.63) is 28.8 Å². The van der Waals surface area contributed by atoms with E-state index in [2.05, 4.69) is 12.1 Å². The lowest BCUT2D eigenvalue weighted by molar-refractivity contribution is 0.317. The van der Waals surface area contributed by atoms with Crippen LogP contribution < -0.4 is 4.74 Å². The van der Waals surface area contributed by atoms with E-state index in [0.717, 1.165) is 11.3 Å². The third kappa shape index (κ3) is 2.49. The van der Waals surface area contributed by atoms with Gasteiger partial charge in [-0.25, -0.2) is 0 Å². The van der Waals surface area contributed by atoms with Crippen LogP contribution in [0.15, 0.2) is 17.3 Å². The largest absolute Gasteiger partial charge is 0.496 e. The SMILES string of the molecule is COc1ccc(C/C(C)=N/O)c(C)c1C. The van der Waals surface area contributed by atoms with Gasteiger partial charge in [-0.15, -0.1) is 0 Å². The molecule has 0 aliphatic carbocycles. The Morgan fingerprint density at radius 1 is 1.33 bits per heavy atom. The maximum Gasteiger partial charge on any atom is 0.122 e. The van der Waals surface area contributed by atoms with Gasteiger partial charge in [0.25, 0.3) is 0 Å². The first-order chi connectivity index (χ1) is 7.10. The van der Waals surface area contributed by atoms with Gasteiger partial charge in [0, 0.05) is 6.42 Å². The van der Waals surface area contributed by atoms with E-state index >= 15 is 0 Å². The standard InChI is InChI=1S/C12H17NO2/c1-8(13-14)7-11-5-6-12(15-4)10(3)9(11)2/h5-6,14H,7H2,1-4H3/b13-8+. The number of benzene rings is 1. The van der Waals surface area contributed by atoms with Crippen LogP contribution in [-0.4, -0.2) is 18.0 Å². The molecule has 0 aliphatic heterocycles. The van der Waals surface area contributed by atoms with Crippen molar-refractivity contribution in [1.29, 1.82) is 0 Å². The van der Waals surface area contributed by atoms with E-state index in [1.54, 1.807) is 14.0 Å². The Morgan fingerprint density at radius 3 is 2.53 bits per heavy atom. The Morgan fingerprint density at radius 2 is 2.00 bits per heavy atom. The summed E-state index contributed by atoms with van der Waals surface area (Å²) in [6.07, 6.45) is 0.674. The molecule has 3 heteroatoms. The van der Waals surface area contributed by atoms with Crippen molar-refractivity contribution < 1.29 is 9.94 Å². The van der Waals surface area contributed by atoms with Crippen molar-refractivity contribution in [2.75, 3.05) is 7.11 Å². The first kappa shape index (κ1) is 11.6. The van der Waals surface area contributed by atoms with Crippen LogP contribution in [0.25, 0.3) is 0 Å². The molecule has 0 heterocycles. The van der Waals surface area contributed by atoms with Gasteiger partial charge in [0.05, 0.1) is 12.8 Å². The molecule has 0 saturated heterocycles. The fraction of sp³-hybridized carbons (Fsp3) is 0.417. The van der Waals surface area contributed by atoms with Crippen LogP contribution in [0.2, 0.25) is 0 Å². The summed E-state index contributed by atoms with van der Waals surface area (Å²) in [7, 11) is 1.67.